The Kier molecular flexibility index (Phi) is 12.6. The van der Waals surface area contributed by atoms with Crippen LogP contribution in [0.1, 0.15) is 20.8 Å². The zero-order valence-corrected chi connectivity index (χ0v) is 8.83. The summed E-state index contributed by atoms with van der Waals surface area (Å²) in [7, 11) is 0. The molecule has 2 heteroatoms. The van der Waals surface area contributed by atoms with Crippen LogP contribution in [0.25, 0.3) is 0 Å². The molecule has 0 aliphatic carbocycles. The average Bonchev–Trinajstić information content (AvgIpc) is 2.19. The van der Waals surface area contributed by atoms with E-state index in [1.165, 1.54) is 0 Å². The van der Waals surface area contributed by atoms with E-state index < -0.39 is 6.10 Å². The highest BCUT2D eigenvalue weighted by Gasteiger charge is 2.02. The smallest absolute Gasteiger partial charge is 0.0912 e. The molecule has 2 nitrogen and oxygen atoms in total. The van der Waals surface area contributed by atoms with E-state index in [0.29, 0.717) is 0 Å². The molecule has 0 saturated heterocycles. The van der Waals surface area contributed by atoms with Crippen molar-refractivity contribution in [2.24, 2.45) is 5.73 Å². The zero-order chi connectivity index (χ0) is 10.7. The van der Waals surface area contributed by atoms with Crippen LogP contribution in [0.2, 0.25) is 0 Å². The number of aliphatic hydroxyl groups excluding tert-OH is 1. The van der Waals surface area contributed by atoms with Gasteiger partial charge in [0.1, 0.15) is 0 Å². The Morgan fingerprint density at radius 3 is 2.38 bits per heavy atom. The van der Waals surface area contributed by atoms with Crippen molar-refractivity contribution >= 4 is 0 Å². The van der Waals surface area contributed by atoms with Crippen LogP contribution in [0.3, 0.4) is 0 Å². The van der Waals surface area contributed by atoms with Gasteiger partial charge in [-0.3, -0.25) is 0 Å². The van der Waals surface area contributed by atoms with E-state index in [4.69, 9.17) is 5.73 Å². The molecule has 1 atom stereocenters. The summed E-state index contributed by atoms with van der Waals surface area (Å²) >= 11 is 0. The lowest BCUT2D eigenvalue weighted by Gasteiger charge is -2.07. The van der Waals surface area contributed by atoms with Crippen molar-refractivity contribution in [2.75, 3.05) is 6.54 Å². The Hall–Kier alpha value is -0.860. The molecule has 0 fully saturated rings. The minimum atomic E-state index is -0.579. The van der Waals surface area contributed by atoms with Crippen molar-refractivity contribution in [3.05, 3.63) is 36.5 Å². The minimum absolute atomic E-state index is 0.240. The molecule has 0 spiro atoms. The van der Waals surface area contributed by atoms with Crippen LogP contribution in [-0.4, -0.2) is 17.8 Å². The summed E-state index contributed by atoms with van der Waals surface area (Å²) in [5.41, 5.74) is 6.07. The summed E-state index contributed by atoms with van der Waals surface area (Å²) in [6, 6.07) is 0. The molecule has 0 heterocycles. The molecule has 76 valence electrons. The third-order valence-electron chi connectivity index (χ3n) is 1.28. The van der Waals surface area contributed by atoms with Gasteiger partial charge in [0.2, 0.25) is 0 Å². The summed E-state index contributed by atoms with van der Waals surface area (Å²) in [6.07, 6.45) is 6.48. The Bertz CT molecular complexity index is 171. The SMILES string of the molecule is C=C/C=C(\C=C/C)[C@@H](O)CN.CC. The Labute approximate surface area is 81.5 Å². The molecule has 0 bridgehead atoms. The maximum atomic E-state index is 9.29. The van der Waals surface area contributed by atoms with Crippen LogP contribution in [0.5, 0.6) is 0 Å². The molecule has 0 unspecified atom stereocenters. The second kappa shape index (κ2) is 11.1. The Morgan fingerprint density at radius 1 is 1.54 bits per heavy atom. The van der Waals surface area contributed by atoms with E-state index in [0.717, 1.165) is 5.57 Å². The third kappa shape index (κ3) is 7.50. The lowest BCUT2D eigenvalue weighted by molar-refractivity contribution is 0.223. The summed E-state index contributed by atoms with van der Waals surface area (Å²) in [5, 5.41) is 9.29. The van der Waals surface area contributed by atoms with Crippen molar-refractivity contribution in [3.63, 3.8) is 0 Å². The maximum Gasteiger partial charge on any atom is 0.0912 e. The van der Waals surface area contributed by atoms with Gasteiger partial charge >= 0.3 is 0 Å². The van der Waals surface area contributed by atoms with Gasteiger partial charge in [0.05, 0.1) is 6.10 Å². The molecule has 0 amide bonds. The monoisotopic (exact) mass is 183 g/mol. The highest BCUT2D eigenvalue weighted by atomic mass is 16.3. The second-order valence-corrected chi connectivity index (χ2v) is 2.15. The van der Waals surface area contributed by atoms with Gasteiger partial charge in [-0.2, -0.15) is 0 Å². The molecule has 0 aliphatic heterocycles. The molecule has 0 saturated carbocycles. The molecule has 0 rings (SSSR count). The number of aliphatic hydroxyl groups is 1. The second-order valence-electron chi connectivity index (χ2n) is 2.15. The quantitative estimate of drug-likeness (QED) is 0.655. The van der Waals surface area contributed by atoms with E-state index in [1.54, 1.807) is 12.2 Å². The lowest BCUT2D eigenvalue weighted by atomic mass is 10.1. The lowest BCUT2D eigenvalue weighted by Crippen LogP contribution is -2.20. The molecular formula is C11H21NO. The van der Waals surface area contributed by atoms with E-state index >= 15 is 0 Å². The summed E-state index contributed by atoms with van der Waals surface area (Å²) in [4.78, 5) is 0. The minimum Gasteiger partial charge on any atom is -0.387 e. The third-order valence-corrected chi connectivity index (χ3v) is 1.28. The highest BCUT2D eigenvalue weighted by Crippen LogP contribution is 2.03. The van der Waals surface area contributed by atoms with Crippen LogP contribution in [0.15, 0.2) is 36.5 Å². The number of hydrogen-bond acceptors (Lipinski definition) is 2. The van der Waals surface area contributed by atoms with Crippen LogP contribution < -0.4 is 5.73 Å². The van der Waals surface area contributed by atoms with E-state index in [9.17, 15) is 5.11 Å². The highest BCUT2D eigenvalue weighted by molar-refractivity contribution is 5.26. The van der Waals surface area contributed by atoms with Gasteiger partial charge in [-0.25, -0.2) is 0 Å². The van der Waals surface area contributed by atoms with Gasteiger partial charge in [-0.1, -0.05) is 44.7 Å². The van der Waals surface area contributed by atoms with Gasteiger partial charge in [0.25, 0.3) is 0 Å². The fourth-order valence-corrected chi connectivity index (χ4v) is 0.742. The Morgan fingerprint density at radius 2 is 2.08 bits per heavy atom. The normalized spacial score (nSPS) is 13.5. The maximum absolute atomic E-state index is 9.29. The Balaban J connectivity index is 0. The van der Waals surface area contributed by atoms with E-state index in [1.807, 2.05) is 32.9 Å². The van der Waals surface area contributed by atoms with Crippen LogP contribution in [-0.2, 0) is 0 Å². The van der Waals surface area contributed by atoms with Crippen LogP contribution in [0.4, 0.5) is 0 Å². The molecule has 0 aromatic carbocycles. The first-order valence-corrected chi connectivity index (χ1v) is 4.59. The topological polar surface area (TPSA) is 46.2 Å². The fourth-order valence-electron chi connectivity index (χ4n) is 0.742. The standard InChI is InChI=1S/C9H15NO.C2H6/c1-3-5-8(6-4-2)9(11)7-10;1-2/h3-6,9,11H,1,7,10H2,2H3;1-2H3/b6-4-,8-5+;/t9-;/m0./s1. The number of rotatable bonds is 4. The largest absolute Gasteiger partial charge is 0.387 e. The summed E-state index contributed by atoms with van der Waals surface area (Å²) in [6.45, 7) is 9.67. The molecule has 0 aromatic rings. The predicted molar refractivity (Wildman–Crippen MR) is 59.5 cm³/mol. The van der Waals surface area contributed by atoms with Crippen molar-refractivity contribution in [3.8, 4) is 0 Å². The molecular weight excluding hydrogens is 162 g/mol. The number of allylic oxidation sites excluding steroid dienone is 3. The molecule has 0 radical (unpaired) electrons. The molecule has 3 N–H and O–H groups in total. The summed E-state index contributed by atoms with van der Waals surface area (Å²) < 4.78 is 0. The molecule has 13 heavy (non-hydrogen) atoms. The fraction of sp³-hybridized carbons (Fsp3) is 0.455. The first-order valence-electron chi connectivity index (χ1n) is 4.59. The predicted octanol–water partition coefficient (Wildman–Crippen LogP) is 2.02. The van der Waals surface area contributed by atoms with Crippen LogP contribution in [0, 0.1) is 0 Å². The van der Waals surface area contributed by atoms with Crippen molar-refractivity contribution in [1.29, 1.82) is 0 Å². The average molecular weight is 183 g/mol. The van der Waals surface area contributed by atoms with E-state index in [-0.39, 0.29) is 6.54 Å². The van der Waals surface area contributed by atoms with Gasteiger partial charge < -0.3 is 10.8 Å². The van der Waals surface area contributed by atoms with Gasteiger partial charge in [0.15, 0.2) is 0 Å². The van der Waals surface area contributed by atoms with Gasteiger partial charge in [0, 0.05) is 6.54 Å². The van der Waals surface area contributed by atoms with Gasteiger partial charge in [-0.05, 0) is 12.5 Å². The first-order chi connectivity index (χ1) is 6.26. The van der Waals surface area contributed by atoms with Gasteiger partial charge in [-0.15, -0.1) is 0 Å². The zero-order valence-electron chi connectivity index (χ0n) is 8.83. The van der Waals surface area contributed by atoms with Crippen molar-refractivity contribution < 1.29 is 5.11 Å². The van der Waals surface area contributed by atoms with E-state index in [2.05, 4.69) is 6.58 Å². The first kappa shape index (κ1) is 14.7. The summed E-state index contributed by atoms with van der Waals surface area (Å²) in [5.74, 6) is 0. The molecule has 0 aromatic heterocycles. The number of nitrogens with two attached hydrogens (primary N) is 1. The molecule has 0 aliphatic rings. The van der Waals surface area contributed by atoms with Crippen molar-refractivity contribution in [1.82, 2.24) is 0 Å². The van der Waals surface area contributed by atoms with Crippen molar-refractivity contribution in [2.45, 2.75) is 26.9 Å². The number of hydrogen-bond donors (Lipinski definition) is 2. The van der Waals surface area contributed by atoms with Crippen LogP contribution >= 0.6 is 0 Å².